The molecule has 0 rings (SSSR count). The molecule has 0 atom stereocenters. The van der Waals surface area contributed by atoms with Crippen LogP contribution in [-0.2, 0) is 0 Å². The summed E-state index contributed by atoms with van der Waals surface area (Å²) in [5.41, 5.74) is 0.103. The van der Waals surface area contributed by atoms with Gasteiger partial charge in [-0.25, -0.2) is 8.78 Å². The molecule has 0 fully saturated rings. The summed E-state index contributed by atoms with van der Waals surface area (Å²) in [4.78, 5) is 1.64. The van der Waals surface area contributed by atoms with Gasteiger partial charge in [0.1, 0.15) is 0 Å². The molecule has 0 radical (unpaired) electrons. The molecule has 0 saturated carbocycles. The van der Waals surface area contributed by atoms with E-state index in [-0.39, 0.29) is 12.1 Å². The number of alkyl halides is 2. The molecule has 2 nitrogen and oxygen atoms in total. The third-order valence-electron chi connectivity index (χ3n) is 2.43. The van der Waals surface area contributed by atoms with Gasteiger partial charge in [0, 0.05) is 18.6 Å². The van der Waals surface area contributed by atoms with E-state index in [0.717, 1.165) is 13.0 Å². The lowest BCUT2D eigenvalue weighted by Gasteiger charge is -2.26. The van der Waals surface area contributed by atoms with Crippen LogP contribution in [0, 0.1) is 0 Å². The zero-order chi connectivity index (χ0) is 11.2. The van der Waals surface area contributed by atoms with Gasteiger partial charge in [-0.3, -0.25) is 4.90 Å². The molecule has 0 amide bonds. The lowest BCUT2D eigenvalue weighted by Crippen LogP contribution is -2.43. The summed E-state index contributed by atoms with van der Waals surface area (Å²) in [6.07, 6.45) is -1.20. The molecule has 0 aromatic heterocycles. The van der Waals surface area contributed by atoms with Gasteiger partial charge < -0.3 is 5.32 Å². The highest BCUT2D eigenvalue weighted by molar-refractivity contribution is 4.75. The maximum absolute atomic E-state index is 12.0. The number of nitrogens with zero attached hydrogens (tertiary/aromatic N) is 1. The van der Waals surface area contributed by atoms with Crippen molar-refractivity contribution in [3.8, 4) is 0 Å². The molecule has 1 N–H and O–H groups in total. The topological polar surface area (TPSA) is 15.3 Å². The molecular weight excluding hydrogens is 186 g/mol. The predicted octanol–water partition coefficient (Wildman–Crippen LogP) is 1.96. The number of nitrogens with one attached hydrogen (secondary N) is 1. The first kappa shape index (κ1) is 13.8. The summed E-state index contributed by atoms with van der Waals surface area (Å²) in [7, 11) is 1.72. The van der Waals surface area contributed by atoms with Crippen molar-refractivity contribution in [1.82, 2.24) is 10.2 Å². The summed E-state index contributed by atoms with van der Waals surface area (Å²) in [6, 6.07) is 0. The van der Waals surface area contributed by atoms with Crippen LogP contribution in [-0.4, -0.2) is 43.5 Å². The number of rotatable bonds is 7. The molecule has 0 aromatic rings. The van der Waals surface area contributed by atoms with Crippen LogP contribution in [0.5, 0.6) is 0 Å². The van der Waals surface area contributed by atoms with Crippen molar-refractivity contribution in [2.75, 3.05) is 26.7 Å². The molecule has 0 heterocycles. The van der Waals surface area contributed by atoms with Gasteiger partial charge in [-0.2, -0.15) is 0 Å². The molecule has 0 aliphatic carbocycles. The van der Waals surface area contributed by atoms with Crippen molar-refractivity contribution in [3.05, 3.63) is 0 Å². The van der Waals surface area contributed by atoms with Crippen LogP contribution in [0.15, 0.2) is 0 Å². The molecule has 0 bridgehead atoms. The predicted molar refractivity (Wildman–Crippen MR) is 55.9 cm³/mol. The maximum Gasteiger partial charge on any atom is 0.251 e. The van der Waals surface area contributed by atoms with Crippen LogP contribution in [0.1, 0.15) is 27.2 Å². The third-order valence-corrected chi connectivity index (χ3v) is 2.43. The Hall–Kier alpha value is -0.220. The molecule has 0 unspecified atom stereocenters. The van der Waals surface area contributed by atoms with Gasteiger partial charge in [-0.05, 0) is 27.3 Å². The lowest BCUT2D eigenvalue weighted by atomic mass is 10.0. The number of likely N-dealkylation sites (N-methyl/N-ethyl adjacent to an activating group) is 1. The first-order chi connectivity index (χ1) is 6.37. The van der Waals surface area contributed by atoms with Crippen LogP contribution in [0.2, 0.25) is 0 Å². The highest BCUT2D eigenvalue weighted by atomic mass is 19.3. The Bertz CT molecular complexity index is 149. The molecular formula is C10H22F2N2. The van der Waals surface area contributed by atoms with Crippen molar-refractivity contribution in [2.45, 2.75) is 39.2 Å². The Labute approximate surface area is 85.7 Å². The minimum Gasteiger partial charge on any atom is -0.311 e. The summed E-state index contributed by atoms with van der Waals surface area (Å²) in [6.45, 7) is 7.60. The standard InChI is InChI=1S/C10H22F2N2/c1-5-10(2,3)13-6-7-14(4)8-9(11)12/h9,13H,5-8H2,1-4H3. The molecule has 0 aliphatic rings. The summed E-state index contributed by atoms with van der Waals surface area (Å²) < 4.78 is 23.9. The average Bonchev–Trinajstić information content (AvgIpc) is 2.02. The smallest absolute Gasteiger partial charge is 0.251 e. The van der Waals surface area contributed by atoms with Gasteiger partial charge in [-0.15, -0.1) is 0 Å². The van der Waals surface area contributed by atoms with Crippen LogP contribution in [0.4, 0.5) is 8.78 Å². The van der Waals surface area contributed by atoms with Crippen molar-refractivity contribution in [3.63, 3.8) is 0 Å². The molecule has 0 saturated heterocycles. The fraction of sp³-hybridized carbons (Fsp3) is 1.00. The number of hydrogen-bond donors (Lipinski definition) is 1. The Kier molecular flexibility index (Phi) is 6.20. The van der Waals surface area contributed by atoms with Crippen LogP contribution < -0.4 is 5.32 Å². The monoisotopic (exact) mass is 208 g/mol. The van der Waals surface area contributed by atoms with E-state index in [9.17, 15) is 8.78 Å². The van der Waals surface area contributed by atoms with Gasteiger partial charge >= 0.3 is 0 Å². The van der Waals surface area contributed by atoms with Gasteiger partial charge in [0.25, 0.3) is 6.43 Å². The Morgan fingerprint density at radius 2 is 1.93 bits per heavy atom. The van der Waals surface area contributed by atoms with Crippen molar-refractivity contribution in [2.24, 2.45) is 0 Å². The molecule has 4 heteroatoms. The quantitative estimate of drug-likeness (QED) is 0.688. The normalized spacial score (nSPS) is 12.9. The first-order valence-electron chi connectivity index (χ1n) is 5.09. The van der Waals surface area contributed by atoms with Crippen molar-refractivity contribution >= 4 is 0 Å². The van der Waals surface area contributed by atoms with Crippen LogP contribution in [0.3, 0.4) is 0 Å². The zero-order valence-electron chi connectivity index (χ0n) is 9.61. The molecule has 0 spiro atoms. The van der Waals surface area contributed by atoms with Crippen molar-refractivity contribution in [1.29, 1.82) is 0 Å². The van der Waals surface area contributed by atoms with Gasteiger partial charge in [0.2, 0.25) is 0 Å². The van der Waals surface area contributed by atoms with Crippen LogP contribution in [0.25, 0.3) is 0 Å². The second-order valence-corrected chi connectivity index (χ2v) is 4.32. The maximum atomic E-state index is 12.0. The summed E-state index contributed by atoms with van der Waals surface area (Å²) in [5.74, 6) is 0. The van der Waals surface area contributed by atoms with Gasteiger partial charge in [-0.1, -0.05) is 6.92 Å². The van der Waals surface area contributed by atoms with E-state index in [2.05, 4.69) is 26.1 Å². The third kappa shape index (κ3) is 7.21. The van der Waals surface area contributed by atoms with E-state index < -0.39 is 6.43 Å². The second-order valence-electron chi connectivity index (χ2n) is 4.32. The molecule has 0 aromatic carbocycles. The fourth-order valence-electron chi connectivity index (χ4n) is 1.04. The molecule has 14 heavy (non-hydrogen) atoms. The Morgan fingerprint density at radius 3 is 2.36 bits per heavy atom. The number of halogens is 2. The minimum atomic E-state index is -2.24. The van der Waals surface area contributed by atoms with E-state index in [0.29, 0.717) is 6.54 Å². The SMILES string of the molecule is CCC(C)(C)NCCN(C)CC(F)F. The Balaban J connectivity index is 3.53. The molecule has 86 valence electrons. The van der Waals surface area contributed by atoms with E-state index in [1.165, 1.54) is 0 Å². The zero-order valence-corrected chi connectivity index (χ0v) is 9.61. The Morgan fingerprint density at radius 1 is 1.36 bits per heavy atom. The average molecular weight is 208 g/mol. The van der Waals surface area contributed by atoms with Crippen LogP contribution >= 0.6 is 0 Å². The number of hydrogen-bond acceptors (Lipinski definition) is 2. The van der Waals surface area contributed by atoms with E-state index >= 15 is 0 Å². The lowest BCUT2D eigenvalue weighted by molar-refractivity contribution is 0.0997. The minimum absolute atomic E-state index is 0.103. The van der Waals surface area contributed by atoms with E-state index in [1.807, 2.05) is 0 Å². The summed E-state index contributed by atoms with van der Waals surface area (Å²) in [5, 5.41) is 3.33. The summed E-state index contributed by atoms with van der Waals surface area (Å²) >= 11 is 0. The van der Waals surface area contributed by atoms with Gasteiger partial charge in [0.05, 0.1) is 6.54 Å². The highest BCUT2D eigenvalue weighted by Gasteiger charge is 2.14. The van der Waals surface area contributed by atoms with Gasteiger partial charge in [0.15, 0.2) is 0 Å². The van der Waals surface area contributed by atoms with Crippen molar-refractivity contribution < 1.29 is 8.78 Å². The fourth-order valence-corrected chi connectivity index (χ4v) is 1.04. The highest BCUT2D eigenvalue weighted by Crippen LogP contribution is 2.05. The van der Waals surface area contributed by atoms with E-state index in [1.54, 1.807) is 11.9 Å². The van der Waals surface area contributed by atoms with E-state index in [4.69, 9.17) is 0 Å². The largest absolute Gasteiger partial charge is 0.311 e. The molecule has 0 aliphatic heterocycles. The second kappa shape index (κ2) is 6.30. The first-order valence-corrected chi connectivity index (χ1v) is 5.09.